The number of nitrogens with zero attached hydrogens (tertiary/aromatic N) is 1. The van der Waals surface area contributed by atoms with Crippen molar-refractivity contribution in [3.05, 3.63) is 0 Å². The molecule has 1 saturated heterocycles. The Hall–Kier alpha value is 0.440. The van der Waals surface area contributed by atoms with Crippen LogP contribution in [0, 0.1) is 11.8 Å². The van der Waals surface area contributed by atoms with Crippen molar-refractivity contribution in [2.45, 2.75) is 39.5 Å². The van der Waals surface area contributed by atoms with Crippen LogP contribution in [0.1, 0.15) is 39.5 Å². The minimum atomic E-state index is 0.928. The molecule has 1 unspecified atom stereocenters. The standard InChI is InChI=1S/C12H24BrN/c1-3-11(4-2)9-14-8-6-12(10-14)5-7-13/h11-12H,3-10H2,1-2H3. The van der Waals surface area contributed by atoms with E-state index in [2.05, 4.69) is 34.7 Å². The fraction of sp³-hybridized carbons (Fsp3) is 1.00. The van der Waals surface area contributed by atoms with Crippen molar-refractivity contribution in [3.8, 4) is 0 Å². The first-order chi connectivity index (χ1) is 6.80. The van der Waals surface area contributed by atoms with Crippen molar-refractivity contribution in [1.82, 2.24) is 4.90 Å². The zero-order chi connectivity index (χ0) is 10.4. The second kappa shape index (κ2) is 6.84. The van der Waals surface area contributed by atoms with Gasteiger partial charge < -0.3 is 4.90 Å². The Kier molecular flexibility index (Phi) is 6.11. The summed E-state index contributed by atoms with van der Waals surface area (Å²) in [6.07, 6.45) is 5.47. The lowest BCUT2D eigenvalue weighted by Gasteiger charge is -2.21. The van der Waals surface area contributed by atoms with Gasteiger partial charge in [-0.05, 0) is 31.2 Å². The van der Waals surface area contributed by atoms with Gasteiger partial charge in [0.15, 0.2) is 0 Å². The molecule has 1 rings (SSSR count). The van der Waals surface area contributed by atoms with Crippen LogP contribution in [0.2, 0.25) is 0 Å². The highest BCUT2D eigenvalue weighted by Gasteiger charge is 2.22. The second-order valence-corrected chi connectivity index (χ2v) is 5.37. The molecule has 0 radical (unpaired) electrons. The third-order valence-corrected chi connectivity index (χ3v) is 4.02. The molecule has 0 aliphatic carbocycles. The van der Waals surface area contributed by atoms with E-state index < -0.39 is 0 Å². The van der Waals surface area contributed by atoms with Crippen LogP contribution in [-0.4, -0.2) is 29.9 Å². The lowest BCUT2D eigenvalue weighted by Crippen LogP contribution is -2.27. The Morgan fingerprint density at radius 1 is 1.36 bits per heavy atom. The van der Waals surface area contributed by atoms with Gasteiger partial charge in [-0.3, -0.25) is 0 Å². The molecule has 14 heavy (non-hydrogen) atoms. The highest BCUT2D eigenvalue weighted by atomic mass is 79.9. The van der Waals surface area contributed by atoms with Gasteiger partial charge in [-0.15, -0.1) is 0 Å². The van der Waals surface area contributed by atoms with Crippen LogP contribution in [-0.2, 0) is 0 Å². The third-order valence-electron chi connectivity index (χ3n) is 3.56. The van der Waals surface area contributed by atoms with Crippen LogP contribution in [0.4, 0.5) is 0 Å². The monoisotopic (exact) mass is 261 g/mol. The predicted octanol–water partition coefficient (Wildman–Crippen LogP) is 3.53. The van der Waals surface area contributed by atoms with E-state index in [-0.39, 0.29) is 0 Å². The molecule has 0 aromatic carbocycles. The summed E-state index contributed by atoms with van der Waals surface area (Å²) >= 11 is 3.54. The summed E-state index contributed by atoms with van der Waals surface area (Å²) in [7, 11) is 0. The summed E-state index contributed by atoms with van der Waals surface area (Å²) < 4.78 is 0. The summed E-state index contributed by atoms with van der Waals surface area (Å²) in [5.74, 6) is 1.89. The van der Waals surface area contributed by atoms with Crippen LogP contribution in [0.5, 0.6) is 0 Å². The first-order valence-electron chi connectivity index (χ1n) is 6.08. The van der Waals surface area contributed by atoms with E-state index in [1.54, 1.807) is 0 Å². The number of likely N-dealkylation sites (tertiary alicyclic amines) is 1. The van der Waals surface area contributed by atoms with Gasteiger partial charge in [-0.1, -0.05) is 42.6 Å². The Labute approximate surface area is 97.4 Å². The number of hydrogen-bond acceptors (Lipinski definition) is 1. The maximum atomic E-state index is 3.54. The minimum Gasteiger partial charge on any atom is -0.303 e. The molecule has 1 heterocycles. The molecule has 0 aromatic rings. The molecule has 2 heteroatoms. The predicted molar refractivity (Wildman–Crippen MR) is 67.0 cm³/mol. The average molecular weight is 262 g/mol. The van der Waals surface area contributed by atoms with Gasteiger partial charge in [-0.25, -0.2) is 0 Å². The first kappa shape index (κ1) is 12.5. The maximum absolute atomic E-state index is 3.54. The van der Waals surface area contributed by atoms with Crippen LogP contribution < -0.4 is 0 Å². The third kappa shape index (κ3) is 3.90. The maximum Gasteiger partial charge on any atom is 0.00344 e. The van der Waals surface area contributed by atoms with Gasteiger partial charge in [0, 0.05) is 18.4 Å². The highest BCUT2D eigenvalue weighted by molar-refractivity contribution is 9.09. The fourth-order valence-corrected chi connectivity index (χ4v) is 3.03. The first-order valence-corrected chi connectivity index (χ1v) is 7.20. The van der Waals surface area contributed by atoms with Crippen molar-refractivity contribution in [2.24, 2.45) is 11.8 Å². The molecule has 1 aliphatic rings. The van der Waals surface area contributed by atoms with E-state index in [0.29, 0.717) is 0 Å². The van der Waals surface area contributed by atoms with Crippen molar-refractivity contribution in [1.29, 1.82) is 0 Å². The van der Waals surface area contributed by atoms with Crippen LogP contribution in [0.15, 0.2) is 0 Å². The lowest BCUT2D eigenvalue weighted by atomic mass is 10.0. The molecule has 0 N–H and O–H groups in total. The largest absolute Gasteiger partial charge is 0.303 e. The van der Waals surface area contributed by atoms with Crippen molar-refractivity contribution in [3.63, 3.8) is 0 Å². The Morgan fingerprint density at radius 2 is 2.07 bits per heavy atom. The average Bonchev–Trinajstić information content (AvgIpc) is 2.63. The highest BCUT2D eigenvalue weighted by Crippen LogP contribution is 2.22. The summed E-state index contributed by atoms with van der Waals surface area (Å²) in [5.41, 5.74) is 0. The summed E-state index contributed by atoms with van der Waals surface area (Å²) in [4.78, 5) is 2.67. The molecule has 84 valence electrons. The van der Waals surface area contributed by atoms with Crippen molar-refractivity contribution >= 4 is 15.9 Å². The van der Waals surface area contributed by atoms with Crippen LogP contribution >= 0.6 is 15.9 Å². The van der Waals surface area contributed by atoms with Crippen molar-refractivity contribution < 1.29 is 0 Å². The van der Waals surface area contributed by atoms with Gasteiger partial charge >= 0.3 is 0 Å². The Bertz CT molecular complexity index is 145. The number of halogens is 1. The van der Waals surface area contributed by atoms with Gasteiger partial charge in [0.05, 0.1) is 0 Å². The molecule has 1 atom stereocenters. The second-order valence-electron chi connectivity index (χ2n) is 4.57. The Morgan fingerprint density at radius 3 is 2.64 bits per heavy atom. The zero-order valence-electron chi connectivity index (χ0n) is 9.64. The van der Waals surface area contributed by atoms with E-state index in [9.17, 15) is 0 Å². The van der Waals surface area contributed by atoms with E-state index in [4.69, 9.17) is 0 Å². The Balaban J connectivity index is 2.21. The zero-order valence-corrected chi connectivity index (χ0v) is 11.2. The lowest BCUT2D eigenvalue weighted by molar-refractivity contribution is 0.259. The summed E-state index contributed by atoms with van der Waals surface area (Å²) in [5, 5.41) is 1.18. The molecular weight excluding hydrogens is 238 g/mol. The normalized spacial score (nSPS) is 23.6. The minimum absolute atomic E-state index is 0.928. The topological polar surface area (TPSA) is 3.24 Å². The fourth-order valence-electron chi connectivity index (χ4n) is 2.38. The summed E-state index contributed by atoms with van der Waals surface area (Å²) in [6.45, 7) is 8.67. The SMILES string of the molecule is CCC(CC)CN1CCC(CCBr)C1. The molecular formula is C12H24BrN. The van der Waals surface area contributed by atoms with E-state index in [1.807, 2.05) is 0 Å². The van der Waals surface area contributed by atoms with Crippen LogP contribution in [0.3, 0.4) is 0 Å². The number of hydrogen-bond donors (Lipinski definition) is 0. The molecule has 0 amide bonds. The van der Waals surface area contributed by atoms with E-state index in [1.165, 1.54) is 50.6 Å². The molecule has 1 aliphatic heterocycles. The molecule has 0 bridgehead atoms. The molecule has 1 fully saturated rings. The molecule has 0 spiro atoms. The van der Waals surface area contributed by atoms with Gasteiger partial charge in [0.2, 0.25) is 0 Å². The molecule has 0 aromatic heterocycles. The quantitative estimate of drug-likeness (QED) is 0.662. The molecule has 1 nitrogen and oxygen atoms in total. The number of alkyl halides is 1. The van der Waals surface area contributed by atoms with Gasteiger partial charge in [0.25, 0.3) is 0 Å². The van der Waals surface area contributed by atoms with E-state index >= 15 is 0 Å². The molecule has 0 saturated carbocycles. The van der Waals surface area contributed by atoms with Crippen molar-refractivity contribution in [2.75, 3.05) is 25.0 Å². The van der Waals surface area contributed by atoms with Crippen LogP contribution in [0.25, 0.3) is 0 Å². The van der Waals surface area contributed by atoms with E-state index in [0.717, 1.165) is 11.8 Å². The smallest absolute Gasteiger partial charge is 0.00344 e. The summed E-state index contributed by atoms with van der Waals surface area (Å²) in [6, 6.07) is 0. The van der Waals surface area contributed by atoms with Gasteiger partial charge in [0.1, 0.15) is 0 Å². The van der Waals surface area contributed by atoms with Gasteiger partial charge in [-0.2, -0.15) is 0 Å². The number of rotatable bonds is 6.